The van der Waals surface area contributed by atoms with Crippen molar-refractivity contribution in [2.45, 2.75) is 0 Å². The summed E-state index contributed by atoms with van der Waals surface area (Å²) < 4.78 is 0. The van der Waals surface area contributed by atoms with Gasteiger partial charge in [-0.2, -0.15) is 5.98 Å². The summed E-state index contributed by atoms with van der Waals surface area (Å²) in [6.45, 7) is -3.31. The first-order chi connectivity index (χ1) is 5.58. The lowest BCUT2D eigenvalue weighted by molar-refractivity contribution is 0.248. The third-order valence-electron chi connectivity index (χ3n) is 1.35. The van der Waals surface area contributed by atoms with Crippen LogP contribution in [0.3, 0.4) is 0 Å². The molecule has 0 atom stereocenters. The molecule has 0 radical (unpaired) electrons. The topological polar surface area (TPSA) is 60.7 Å². The molecule has 0 aliphatic carbocycles. The highest BCUT2D eigenvalue weighted by Crippen LogP contribution is 2.02. The lowest BCUT2D eigenvalue weighted by Crippen LogP contribution is -2.31. The van der Waals surface area contributed by atoms with Gasteiger partial charge in [0.25, 0.3) is 0 Å². The summed E-state index contributed by atoms with van der Waals surface area (Å²) >= 11 is 0. The molecule has 0 heterocycles. The number of hydrogen-bond acceptors (Lipinski definition) is 3. The monoisotopic (exact) mass is 165 g/mol. The molecule has 1 aromatic carbocycles. The predicted octanol–water partition coefficient (Wildman–Crippen LogP) is 0.155. The summed E-state index contributed by atoms with van der Waals surface area (Å²) in [6, 6.07) is 9.07. The van der Waals surface area contributed by atoms with Crippen LogP contribution in [0.2, 0.25) is 0 Å². The van der Waals surface area contributed by atoms with E-state index in [-0.39, 0.29) is 0 Å². The Hall–Kier alpha value is -1.10. The van der Waals surface area contributed by atoms with Gasteiger partial charge in [0.1, 0.15) is 0 Å². The van der Waals surface area contributed by atoms with Crippen molar-refractivity contribution in [1.29, 1.82) is 0 Å². The van der Waals surface area contributed by atoms with Crippen molar-refractivity contribution in [1.82, 2.24) is 0 Å². The maximum atomic E-state index is 8.57. The Balaban J connectivity index is 2.71. The van der Waals surface area contributed by atoms with E-state index in [0.717, 1.165) is 11.5 Å². The van der Waals surface area contributed by atoms with Gasteiger partial charge in [-0.25, -0.2) is 0 Å². The first-order valence-electron chi connectivity index (χ1n) is 3.64. The van der Waals surface area contributed by atoms with Crippen molar-refractivity contribution in [2.75, 3.05) is 0 Å². The third-order valence-corrected chi connectivity index (χ3v) is 1.35. The van der Waals surface area contributed by atoms with Crippen LogP contribution in [0.4, 0.5) is 0 Å². The Bertz CT molecular complexity index is 263. The Morgan fingerprint density at radius 3 is 2.08 bits per heavy atom. The fraction of sp³-hybridized carbons (Fsp3) is 0. The van der Waals surface area contributed by atoms with Crippen molar-refractivity contribution in [3.8, 4) is 0 Å². The van der Waals surface area contributed by atoms with Crippen LogP contribution >= 0.6 is 0 Å². The SMILES string of the molecule is O[B-](O)(O)/C=C/c1ccccc1. The first-order valence-corrected chi connectivity index (χ1v) is 3.64. The molecule has 3 N–H and O–H groups in total. The summed E-state index contributed by atoms with van der Waals surface area (Å²) in [5, 5.41) is 25.7. The molecule has 1 rings (SSSR count). The Labute approximate surface area is 70.6 Å². The molecule has 0 aliphatic rings. The number of benzene rings is 1. The lowest BCUT2D eigenvalue weighted by Gasteiger charge is -2.13. The van der Waals surface area contributed by atoms with Crippen LogP contribution < -0.4 is 0 Å². The average molecular weight is 165 g/mol. The zero-order valence-electron chi connectivity index (χ0n) is 6.46. The molecule has 0 unspecified atom stereocenters. The minimum atomic E-state index is -3.31. The summed E-state index contributed by atoms with van der Waals surface area (Å²) in [4.78, 5) is 0. The zero-order chi connectivity index (χ0) is 9.03. The van der Waals surface area contributed by atoms with Crippen LogP contribution in [0.15, 0.2) is 36.3 Å². The number of hydrogen-bond donors (Lipinski definition) is 3. The molecule has 0 aromatic heterocycles. The second-order valence-corrected chi connectivity index (χ2v) is 2.56. The van der Waals surface area contributed by atoms with E-state index in [0.29, 0.717) is 0 Å². The highest BCUT2D eigenvalue weighted by atomic mass is 16.5. The molecular formula is C8H10BO3-. The smallest absolute Gasteiger partial charge is 0.395 e. The van der Waals surface area contributed by atoms with Crippen LogP contribution in [0.25, 0.3) is 6.08 Å². The van der Waals surface area contributed by atoms with Gasteiger partial charge < -0.3 is 15.1 Å². The van der Waals surface area contributed by atoms with Crippen LogP contribution in [0.1, 0.15) is 5.56 Å². The molecule has 12 heavy (non-hydrogen) atoms. The molecule has 3 nitrogen and oxygen atoms in total. The second-order valence-electron chi connectivity index (χ2n) is 2.56. The van der Waals surface area contributed by atoms with Gasteiger partial charge in [0.2, 0.25) is 0 Å². The maximum Gasteiger partial charge on any atom is 0.395 e. The molecule has 0 spiro atoms. The van der Waals surface area contributed by atoms with E-state index in [4.69, 9.17) is 15.1 Å². The quantitative estimate of drug-likeness (QED) is 0.546. The van der Waals surface area contributed by atoms with E-state index in [9.17, 15) is 0 Å². The molecular weight excluding hydrogens is 155 g/mol. The minimum Gasteiger partial charge on any atom is -0.556 e. The van der Waals surface area contributed by atoms with Gasteiger partial charge in [-0.05, 0) is 5.56 Å². The van der Waals surface area contributed by atoms with Crippen molar-refractivity contribution in [2.24, 2.45) is 0 Å². The predicted molar refractivity (Wildman–Crippen MR) is 47.9 cm³/mol. The molecule has 0 saturated heterocycles. The molecule has 0 bridgehead atoms. The standard InChI is InChI=1S/C8H10BO3/c10-9(11,12)7-6-8-4-2-1-3-5-8/h1-7,10-12H/q-1/b7-6+. The van der Waals surface area contributed by atoms with Crippen molar-refractivity contribution < 1.29 is 15.1 Å². The molecule has 0 amide bonds. The average Bonchev–Trinajstić information content (AvgIpc) is 2.02. The molecule has 0 fully saturated rings. The molecule has 4 heteroatoms. The van der Waals surface area contributed by atoms with Crippen LogP contribution in [-0.2, 0) is 0 Å². The van der Waals surface area contributed by atoms with E-state index < -0.39 is 6.75 Å². The van der Waals surface area contributed by atoms with Gasteiger partial charge in [0.05, 0.1) is 0 Å². The highest BCUT2D eigenvalue weighted by molar-refractivity contribution is 6.62. The van der Waals surface area contributed by atoms with Gasteiger partial charge in [0, 0.05) is 0 Å². The Morgan fingerprint density at radius 1 is 1.00 bits per heavy atom. The maximum absolute atomic E-state index is 8.57. The highest BCUT2D eigenvalue weighted by Gasteiger charge is 2.07. The minimum absolute atomic E-state index is 0.806. The summed E-state index contributed by atoms with van der Waals surface area (Å²) in [5.74, 6) is 0.954. The van der Waals surface area contributed by atoms with Gasteiger partial charge in [-0.15, -0.1) is 0 Å². The van der Waals surface area contributed by atoms with Crippen LogP contribution in [0, 0.1) is 0 Å². The Morgan fingerprint density at radius 2 is 1.58 bits per heavy atom. The van der Waals surface area contributed by atoms with Gasteiger partial charge in [-0.1, -0.05) is 36.4 Å². The molecule has 0 aliphatic heterocycles. The zero-order valence-corrected chi connectivity index (χ0v) is 6.46. The summed E-state index contributed by atoms with van der Waals surface area (Å²) in [7, 11) is 0. The van der Waals surface area contributed by atoms with E-state index in [2.05, 4.69) is 0 Å². The van der Waals surface area contributed by atoms with Crippen LogP contribution in [0.5, 0.6) is 0 Å². The van der Waals surface area contributed by atoms with Gasteiger partial charge >= 0.3 is 6.75 Å². The first kappa shape index (κ1) is 9.00. The largest absolute Gasteiger partial charge is 0.556 e. The normalized spacial score (nSPS) is 12.2. The fourth-order valence-electron chi connectivity index (χ4n) is 0.804. The van der Waals surface area contributed by atoms with E-state index >= 15 is 0 Å². The fourth-order valence-corrected chi connectivity index (χ4v) is 0.804. The van der Waals surface area contributed by atoms with Crippen LogP contribution in [-0.4, -0.2) is 21.8 Å². The summed E-state index contributed by atoms with van der Waals surface area (Å²) in [5.41, 5.74) is 0.806. The molecule has 64 valence electrons. The van der Waals surface area contributed by atoms with Gasteiger partial charge in [0.15, 0.2) is 0 Å². The van der Waals surface area contributed by atoms with E-state index in [1.807, 2.05) is 18.2 Å². The van der Waals surface area contributed by atoms with E-state index in [1.165, 1.54) is 6.08 Å². The van der Waals surface area contributed by atoms with Crippen molar-refractivity contribution >= 4 is 12.8 Å². The third kappa shape index (κ3) is 3.34. The van der Waals surface area contributed by atoms with E-state index in [1.54, 1.807) is 12.1 Å². The van der Waals surface area contributed by atoms with Crippen molar-refractivity contribution in [3.05, 3.63) is 41.9 Å². The van der Waals surface area contributed by atoms with Crippen molar-refractivity contribution in [3.63, 3.8) is 0 Å². The van der Waals surface area contributed by atoms with Gasteiger partial charge in [-0.3, -0.25) is 0 Å². The lowest BCUT2D eigenvalue weighted by atomic mass is 9.80. The molecule has 1 aromatic rings. The number of rotatable bonds is 2. The second kappa shape index (κ2) is 3.54. The summed E-state index contributed by atoms with van der Waals surface area (Å²) in [6.07, 6.45) is 1.44. The Kier molecular flexibility index (Phi) is 2.65. The molecule has 0 saturated carbocycles.